The van der Waals surface area contributed by atoms with Gasteiger partial charge in [-0.05, 0) is 56.9 Å². The Morgan fingerprint density at radius 2 is 1.07 bits per heavy atom. The number of rotatable bonds is 4. The summed E-state index contributed by atoms with van der Waals surface area (Å²) in [5.41, 5.74) is 4.71. The van der Waals surface area contributed by atoms with E-state index in [2.05, 4.69) is 42.5 Å². The van der Waals surface area contributed by atoms with E-state index in [-0.39, 0.29) is 29.3 Å². The third-order valence-electron chi connectivity index (χ3n) is 8.19. The van der Waals surface area contributed by atoms with Crippen LogP contribution in [0.2, 0.25) is 0 Å². The van der Waals surface area contributed by atoms with Crippen LogP contribution in [0.15, 0.2) is 156 Å². The smallest absolute Gasteiger partial charge is 0.164 e. The fraction of sp³-hybridized carbons (Fsp3) is 0. The van der Waals surface area contributed by atoms with Crippen LogP contribution in [0.25, 0.3) is 88.8 Å². The highest BCUT2D eigenvalue weighted by Crippen LogP contribution is 2.38. The summed E-state index contributed by atoms with van der Waals surface area (Å²) in [4.78, 5) is 14.5. The number of hydrogen-bond acceptors (Lipinski definition) is 4. The molecule has 45 heavy (non-hydrogen) atoms. The summed E-state index contributed by atoms with van der Waals surface area (Å²) in [6, 6.07) is 38.1. The van der Waals surface area contributed by atoms with Crippen molar-refractivity contribution in [3.05, 3.63) is 152 Å². The summed E-state index contributed by atoms with van der Waals surface area (Å²) in [6.07, 6.45) is 0. The first-order chi connectivity index (χ1) is 24.3. The SMILES string of the molecule is [2H]c1c([2H])c([2H])c(-c2nc(-c3ccc(-c4ccc5ccccc5c4)cc3)nc(-c3cccc4oc5cc6ccccc6cc5c34)n2)c([2H])c1[2H]. The molecule has 0 aliphatic rings. The zero-order valence-electron chi connectivity index (χ0n) is 28.8. The molecule has 4 heteroatoms. The molecule has 9 aromatic rings. The predicted octanol–water partition coefficient (Wildman–Crippen LogP) is 10.7. The topological polar surface area (TPSA) is 51.8 Å². The zero-order chi connectivity index (χ0) is 34.1. The average molecular weight is 581 g/mol. The zero-order valence-corrected chi connectivity index (χ0v) is 23.8. The van der Waals surface area contributed by atoms with Crippen LogP contribution >= 0.6 is 0 Å². The predicted molar refractivity (Wildman–Crippen MR) is 184 cm³/mol. The van der Waals surface area contributed by atoms with Gasteiger partial charge in [0.15, 0.2) is 17.5 Å². The van der Waals surface area contributed by atoms with E-state index in [1.807, 2.05) is 78.9 Å². The first kappa shape index (κ1) is 20.7. The quantitative estimate of drug-likeness (QED) is 0.208. The second-order valence-corrected chi connectivity index (χ2v) is 10.9. The van der Waals surface area contributed by atoms with Crippen LogP contribution in [-0.4, -0.2) is 15.0 Å². The number of furan rings is 1. The second-order valence-electron chi connectivity index (χ2n) is 10.9. The normalized spacial score (nSPS) is 13.1. The minimum Gasteiger partial charge on any atom is -0.456 e. The van der Waals surface area contributed by atoms with E-state index >= 15 is 0 Å². The van der Waals surface area contributed by atoms with Gasteiger partial charge < -0.3 is 4.42 Å². The molecule has 0 N–H and O–H groups in total. The van der Waals surface area contributed by atoms with Gasteiger partial charge in [-0.25, -0.2) is 15.0 Å². The number of nitrogens with zero attached hydrogens (tertiary/aromatic N) is 3. The highest BCUT2D eigenvalue weighted by molar-refractivity contribution is 6.15. The van der Waals surface area contributed by atoms with Crippen molar-refractivity contribution in [2.45, 2.75) is 0 Å². The molecular weight excluding hydrogens is 550 g/mol. The van der Waals surface area contributed by atoms with Crippen LogP contribution < -0.4 is 0 Å². The number of aromatic nitrogens is 3. The third kappa shape index (κ3) is 4.43. The summed E-state index contributed by atoms with van der Waals surface area (Å²) in [5.74, 6) is 0.574. The maximum absolute atomic E-state index is 8.71. The van der Waals surface area contributed by atoms with Gasteiger partial charge in [-0.1, -0.05) is 127 Å². The molecule has 0 aliphatic carbocycles. The fourth-order valence-electron chi connectivity index (χ4n) is 5.98. The lowest BCUT2D eigenvalue weighted by Gasteiger charge is -2.10. The van der Waals surface area contributed by atoms with Gasteiger partial charge in [-0.15, -0.1) is 0 Å². The van der Waals surface area contributed by atoms with E-state index in [1.165, 1.54) is 5.39 Å². The van der Waals surface area contributed by atoms with Crippen LogP contribution in [0.4, 0.5) is 0 Å². The van der Waals surface area contributed by atoms with Gasteiger partial charge in [0.05, 0.1) is 6.85 Å². The molecular formula is C41H25N3O. The molecule has 7 aromatic carbocycles. The van der Waals surface area contributed by atoms with Crippen molar-refractivity contribution in [2.75, 3.05) is 0 Å². The summed E-state index contributed by atoms with van der Waals surface area (Å²) in [6.45, 7) is 0. The molecule has 0 bridgehead atoms. The molecule has 210 valence electrons. The molecule has 0 aliphatic heterocycles. The van der Waals surface area contributed by atoms with Crippen molar-refractivity contribution in [1.29, 1.82) is 0 Å². The van der Waals surface area contributed by atoms with E-state index in [9.17, 15) is 0 Å². The molecule has 0 radical (unpaired) electrons. The van der Waals surface area contributed by atoms with Crippen molar-refractivity contribution in [2.24, 2.45) is 0 Å². The number of benzene rings is 7. The summed E-state index contributed by atoms with van der Waals surface area (Å²) >= 11 is 0. The van der Waals surface area contributed by atoms with Gasteiger partial charge in [0.1, 0.15) is 11.2 Å². The van der Waals surface area contributed by atoms with Crippen molar-refractivity contribution in [3.8, 4) is 45.3 Å². The Morgan fingerprint density at radius 3 is 1.84 bits per heavy atom. The maximum atomic E-state index is 8.71. The Bertz CT molecular complexity index is 2800. The summed E-state index contributed by atoms with van der Waals surface area (Å²) < 4.78 is 48.5. The molecule has 0 atom stereocenters. The Kier molecular flexibility index (Phi) is 4.72. The highest BCUT2D eigenvalue weighted by atomic mass is 16.3. The van der Waals surface area contributed by atoms with Gasteiger partial charge >= 0.3 is 0 Å². The minimum absolute atomic E-state index is 0.0177. The number of hydrogen-bond donors (Lipinski definition) is 0. The fourth-order valence-corrected chi connectivity index (χ4v) is 5.98. The van der Waals surface area contributed by atoms with Crippen LogP contribution in [0, 0.1) is 0 Å². The van der Waals surface area contributed by atoms with E-state index in [4.69, 9.17) is 26.2 Å². The van der Waals surface area contributed by atoms with Crippen LogP contribution in [0.5, 0.6) is 0 Å². The summed E-state index contributed by atoms with van der Waals surface area (Å²) in [5, 5.41) is 6.12. The molecule has 0 saturated carbocycles. The average Bonchev–Trinajstić information content (AvgIpc) is 3.52. The Labute approximate surface area is 266 Å². The molecule has 0 saturated heterocycles. The number of fused-ring (bicyclic) bond motifs is 5. The van der Waals surface area contributed by atoms with Gasteiger partial charge in [0.2, 0.25) is 0 Å². The Hall–Kier alpha value is -6.13. The largest absolute Gasteiger partial charge is 0.456 e. The molecule has 0 fully saturated rings. The Morgan fingerprint density at radius 1 is 0.444 bits per heavy atom. The molecule has 0 amide bonds. The van der Waals surface area contributed by atoms with Crippen molar-refractivity contribution in [1.82, 2.24) is 15.0 Å². The second kappa shape index (κ2) is 10.2. The molecule has 0 unspecified atom stereocenters. The van der Waals surface area contributed by atoms with Gasteiger partial charge in [0.25, 0.3) is 0 Å². The van der Waals surface area contributed by atoms with Crippen molar-refractivity contribution in [3.63, 3.8) is 0 Å². The monoisotopic (exact) mass is 580 g/mol. The third-order valence-corrected chi connectivity index (χ3v) is 8.19. The first-order valence-electron chi connectivity index (χ1n) is 17.1. The van der Waals surface area contributed by atoms with Crippen molar-refractivity contribution >= 4 is 43.5 Å². The summed E-state index contributed by atoms with van der Waals surface area (Å²) in [7, 11) is 0. The van der Waals surface area contributed by atoms with Crippen LogP contribution in [0.1, 0.15) is 6.85 Å². The molecule has 9 rings (SSSR count). The van der Waals surface area contributed by atoms with Gasteiger partial charge in [-0.3, -0.25) is 0 Å². The molecule has 2 heterocycles. The maximum Gasteiger partial charge on any atom is 0.164 e. The minimum atomic E-state index is -0.482. The van der Waals surface area contributed by atoms with E-state index in [0.717, 1.165) is 43.6 Å². The van der Waals surface area contributed by atoms with E-state index < -0.39 is 18.1 Å². The first-order valence-corrected chi connectivity index (χ1v) is 14.6. The van der Waals surface area contributed by atoms with Crippen molar-refractivity contribution < 1.29 is 11.3 Å². The van der Waals surface area contributed by atoms with Crippen LogP contribution in [0.3, 0.4) is 0 Å². The molecule has 4 nitrogen and oxygen atoms in total. The lowest BCUT2D eigenvalue weighted by Crippen LogP contribution is -2.00. The molecule has 2 aromatic heterocycles. The van der Waals surface area contributed by atoms with Gasteiger partial charge in [0, 0.05) is 27.5 Å². The van der Waals surface area contributed by atoms with E-state index in [0.29, 0.717) is 22.5 Å². The lowest BCUT2D eigenvalue weighted by atomic mass is 10.00. The van der Waals surface area contributed by atoms with E-state index in [1.54, 1.807) is 0 Å². The van der Waals surface area contributed by atoms with Gasteiger partial charge in [-0.2, -0.15) is 0 Å². The highest BCUT2D eigenvalue weighted by Gasteiger charge is 2.18. The molecule has 0 spiro atoms. The standard InChI is InChI=1S/C41H25N3O/c1-2-10-28(11-3-1)39-42-40(29-20-17-27(18-21-29)33-22-19-26-9-4-5-12-30(26)23-33)44-41(43-39)34-15-8-16-36-38(34)35-24-31-13-6-7-14-32(31)25-37(35)45-36/h1-25H/i1D,2D,3D,10D,11D. The Balaban J connectivity index is 1.26. The lowest BCUT2D eigenvalue weighted by molar-refractivity contribution is 0.669. The van der Waals surface area contributed by atoms with Crippen LogP contribution in [-0.2, 0) is 0 Å².